The van der Waals surface area contributed by atoms with Gasteiger partial charge in [0.15, 0.2) is 0 Å². The van der Waals surface area contributed by atoms with E-state index in [0.717, 1.165) is 5.57 Å². The van der Waals surface area contributed by atoms with E-state index in [1.165, 1.54) is 25.7 Å². The average Bonchev–Trinajstić information content (AvgIpc) is 2.63. The summed E-state index contributed by atoms with van der Waals surface area (Å²) < 4.78 is 0. The van der Waals surface area contributed by atoms with E-state index in [1.807, 2.05) is 6.92 Å². The minimum atomic E-state index is 0.0694. The van der Waals surface area contributed by atoms with Gasteiger partial charge in [0.25, 0.3) is 0 Å². The van der Waals surface area contributed by atoms with Crippen LogP contribution in [0.2, 0.25) is 0 Å². The fraction of sp³-hybridized carbons (Fsp3) is 0.727. The highest BCUT2D eigenvalue weighted by Crippen LogP contribution is 2.17. The molecule has 1 saturated carbocycles. The molecule has 0 saturated heterocycles. The van der Waals surface area contributed by atoms with Gasteiger partial charge in [0, 0.05) is 12.6 Å². The summed E-state index contributed by atoms with van der Waals surface area (Å²) in [5.41, 5.74) is 0.985. The Labute approximate surface area is 86.0 Å². The van der Waals surface area contributed by atoms with Crippen molar-refractivity contribution in [1.82, 2.24) is 10.6 Å². The summed E-state index contributed by atoms with van der Waals surface area (Å²) in [6, 6.07) is 0.561. The Kier molecular flexibility index (Phi) is 4.66. The quantitative estimate of drug-likeness (QED) is 0.649. The molecule has 0 unspecified atom stereocenters. The Balaban J connectivity index is 2.05. The van der Waals surface area contributed by atoms with Gasteiger partial charge < -0.3 is 10.6 Å². The van der Waals surface area contributed by atoms with Crippen molar-refractivity contribution in [3.05, 3.63) is 12.2 Å². The van der Waals surface area contributed by atoms with E-state index in [9.17, 15) is 4.79 Å². The van der Waals surface area contributed by atoms with Gasteiger partial charge in [-0.15, -0.1) is 0 Å². The van der Waals surface area contributed by atoms with E-state index < -0.39 is 0 Å². The lowest BCUT2D eigenvalue weighted by atomic mass is 10.2. The molecule has 1 rings (SSSR count). The van der Waals surface area contributed by atoms with Crippen LogP contribution in [0.1, 0.15) is 32.6 Å². The second-order valence-electron chi connectivity index (χ2n) is 4.10. The Morgan fingerprint density at radius 2 is 2.00 bits per heavy atom. The predicted molar refractivity (Wildman–Crippen MR) is 58.1 cm³/mol. The zero-order valence-electron chi connectivity index (χ0n) is 8.94. The lowest BCUT2D eigenvalue weighted by Crippen LogP contribution is -2.38. The summed E-state index contributed by atoms with van der Waals surface area (Å²) in [5.74, 6) is 0.0694. The highest BCUT2D eigenvalue weighted by atomic mass is 16.1. The van der Waals surface area contributed by atoms with E-state index in [-0.39, 0.29) is 5.91 Å². The number of carbonyl (C=O) groups is 1. The molecule has 0 aromatic carbocycles. The van der Waals surface area contributed by atoms with E-state index in [2.05, 4.69) is 17.2 Å². The number of amides is 1. The Morgan fingerprint density at radius 1 is 1.36 bits per heavy atom. The lowest BCUT2D eigenvalue weighted by molar-refractivity contribution is -0.120. The first-order valence-electron chi connectivity index (χ1n) is 5.33. The summed E-state index contributed by atoms with van der Waals surface area (Å²) in [6.45, 7) is 6.67. The van der Waals surface area contributed by atoms with E-state index in [4.69, 9.17) is 0 Å². The molecule has 0 heterocycles. The van der Waals surface area contributed by atoms with Crippen molar-refractivity contribution >= 4 is 5.91 Å². The molecular formula is C11H20N2O. The van der Waals surface area contributed by atoms with Crippen LogP contribution >= 0.6 is 0 Å². The van der Waals surface area contributed by atoms with Gasteiger partial charge in [0.2, 0.25) is 5.91 Å². The number of hydrogen-bond acceptors (Lipinski definition) is 2. The third kappa shape index (κ3) is 4.42. The van der Waals surface area contributed by atoms with Crippen LogP contribution in [0, 0.1) is 0 Å². The van der Waals surface area contributed by atoms with Crippen LogP contribution in [0.5, 0.6) is 0 Å². The third-order valence-corrected chi connectivity index (χ3v) is 2.49. The maximum Gasteiger partial charge on any atom is 0.234 e. The maximum atomic E-state index is 11.3. The number of nitrogens with one attached hydrogen (secondary N) is 2. The Morgan fingerprint density at radius 3 is 2.57 bits per heavy atom. The molecule has 3 heteroatoms. The van der Waals surface area contributed by atoms with Gasteiger partial charge in [-0.2, -0.15) is 0 Å². The monoisotopic (exact) mass is 196 g/mol. The molecule has 1 aliphatic rings. The number of hydrogen-bond donors (Lipinski definition) is 2. The summed E-state index contributed by atoms with van der Waals surface area (Å²) >= 11 is 0. The van der Waals surface area contributed by atoms with Crippen molar-refractivity contribution < 1.29 is 4.79 Å². The first-order valence-corrected chi connectivity index (χ1v) is 5.33. The lowest BCUT2D eigenvalue weighted by Gasteiger charge is -2.11. The van der Waals surface area contributed by atoms with Gasteiger partial charge in [-0.1, -0.05) is 25.0 Å². The molecule has 0 atom stereocenters. The fourth-order valence-corrected chi connectivity index (χ4v) is 1.68. The van der Waals surface area contributed by atoms with Gasteiger partial charge >= 0.3 is 0 Å². The molecule has 1 amide bonds. The summed E-state index contributed by atoms with van der Waals surface area (Å²) in [7, 11) is 0. The standard InChI is InChI=1S/C11H20N2O/c1-9(2)7-13-11(14)8-12-10-5-3-4-6-10/h10,12H,1,3-8H2,2H3,(H,13,14). The number of carbonyl (C=O) groups excluding carboxylic acids is 1. The zero-order chi connectivity index (χ0) is 10.4. The van der Waals surface area contributed by atoms with Crippen LogP contribution in [-0.2, 0) is 4.79 Å². The summed E-state index contributed by atoms with van der Waals surface area (Å²) in [4.78, 5) is 11.3. The maximum absolute atomic E-state index is 11.3. The van der Waals surface area contributed by atoms with Crippen LogP contribution < -0.4 is 10.6 Å². The van der Waals surface area contributed by atoms with Gasteiger partial charge in [-0.25, -0.2) is 0 Å². The average molecular weight is 196 g/mol. The molecular weight excluding hydrogens is 176 g/mol. The Hall–Kier alpha value is -0.830. The molecule has 3 nitrogen and oxygen atoms in total. The highest BCUT2D eigenvalue weighted by molar-refractivity contribution is 5.78. The third-order valence-electron chi connectivity index (χ3n) is 2.49. The number of rotatable bonds is 5. The minimum Gasteiger partial charge on any atom is -0.351 e. The molecule has 0 aromatic rings. The van der Waals surface area contributed by atoms with Crippen LogP contribution in [0.4, 0.5) is 0 Å². The largest absolute Gasteiger partial charge is 0.351 e. The zero-order valence-corrected chi connectivity index (χ0v) is 8.94. The van der Waals surface area contributed by atoms with E-state index >= 15 is 0 Å². The first-order chi connectivity index (χ1) is 6.68. The van der Waals surface area contributed by atoms with Crippen LogP contribution in [0.3, 0.4) is 0 Å². The van der Waals surface area contributed by atoms with Crippen molar-refractivity contribution in [3.63, 3.8) is 0 Å². The second-order valence-corrected chi connectivity index (χ2v) is 4.10. The molecule has 2 N–H and O–H groups in total. The minimum absolute atomic E-state index is 0.0694. The van der Waals surface area contributed by atoms with Crippen LogP contribution in [0.15, 0.2) is 12.2 Å². The van der Waals surface area contributed by atoms with Gasteiger partial charge in [-0.05, 0) is 19.8 Å². The molecule has 0 bridgehead atoms. The SMILES string of the molecule is C=C(C)CNC(=O)CNC1CCCC1. The second kappa shape index (κ2) is 5.81. The Bertz CT molecular complexity index is 207. The molecule has 1 aliphatic carbocycles. The normalized spacial score (nSPS) is 16.9. The summed E-state index contributed by atoms with van der Waals surface area (Å²) in [5, 5.41) is 6.07. The first kappa shape index (κ1) is 11.2. The topological polar surface area (TPSA) is 41.1 Å². The molecule has 0 aromatic heterocycles. The molecule has 1 fully saturated rings. The van der Waals surface area contributed by atoms with Crippen molar-refractivity contribution in [1.29, 1.82) is 0 Å². The molecule has 0 spiro atoms. The van der Waals surface area contributed by atoms with Crippen molar-refractivity contribution in [2.24, 2.45) is 0 Å². The predicted octanol–water partition coefficient (Wildman–Crippen LogP) is 1.21. The van der Waals surface area contributed by atoms with Crippen LogP contribution in [0.25, 0.3) is 0 Å². The van der Waals surface area contributed by atoms with Crippen LogP contribution in [-0.4, -0.2) is 25.0 Å². The molecule has 0 radical (unpaired) electrons. The van der Waals surface area contributed by atoms with Gasteiger partial charge in [0.05, 0.1) is 6.54 Å². The smallest absolute Gasteiger partial charge is 0.234 e. The van der Waals surface area contributed by atoms with Gasteiger partial charge in [0.1, 0.15) is 0 Å². The van der Waals surface area contributed by atoms with Crippen molar-refractivity contribution in [3.8, 4) is 0 Å². The van der Waals surface area contributed by atoms with Crippen molar-refractivity contribution in [2.75, 3.05) is 13.1 Å². The van der Waals surface area contributed by atoms with E-state index in [1.54, 1.807) is 0 Å². The molecule has 0 aliphatic heterocycles. The molecule has 80 valence electrons. The molecule has 14 heavy (non-hydrogen) atoms. The highest BCUT2D eigenvalue weighted by Gasteiger charge is 2.14. The van der Waals surface area contributed by atoms with Gasteiger partial charge in [-0.3, -0.25) is 4.79 Å². The van der Waals surface area contributed by atoms with E-state index in [0.29, 0.717) is 19.1 Å². The van der Waals surface area contributed by atoms with Crippen molar-refractivity contribution in [2.45, 2.75) is 38.6 Å². The fourth-order valence-electron chi connectivity index (χ4n) is 1.68. The summed E-state index contributed by atoms with van der Waals surface area (Å²) in [6.07, 6.45) is 5.03.